The maximum atomic E-state index is 12.8. The first-order chi connectivity index (χ1) is 11.4. The lowest BCUT2D eigenvalue weighted by Gasteiger charge is -2.22. The Morgan fingerprint density at radius 2 is 2.00 bits per heavy atom. The zero-order chi connectivity index (χ0) is 17.7. The number of aromatic nitrogens is 1. The molecule has 1 saturated heterocycles. The third-order valence-corrected chi connectivity index (χ3v) is 6.33. The highest BCUT2D eigenvalue weighted by molar-refractivity contribution is 7.89. The fraction of sp³-hybridized carbons (Fsp3) is 0.733. The van der Waals surface area contributed by atoms with Gasteiger partial charge >= 0.3 is 0 Å². The summed E-state index contributed by atoms with van der Waals surface area (Å²) in [6.45, 7) is 5.72. The van der Waals surface area contributed by atoms with Gasteiger partial charge in [-0.3, -0.25) is 4.79 Å². The van der Waals surface area contributed by atoms with E-state index >= 15 is 0 Å². The van der Waals surface area contributed by atoms with Crippen molar-refractivity contribution in [3.63, 3.8) is 0 Å². The van der Waals surface area contributed by atoms with Crippen LogP contribution in [0.25, 0.3) is 0 Å². The maximum Gasteiger partial charge on any atom is 0.248 e. The maximum absolute atomic E-state index is 12.8. The Labute approximate surface area is 143 Å². The molecule has 0 bridgehead atoms. The van der Waals surface area contributed by atoms with Crippen LogP contribution in [0.4, 0.5) is 0 Å². The van der Waals surface area contributed by atoms with E-state index in [1.54, 1.807) is 18.7 Å². The summed E-state index contributed by atoms with van der Waals surface area (Å²) in [5.41, 5.74) is 0.372. The van der Waals surface area contributed by atoms with Gasteiger partial charge in [0.05, 0.1) is 0 Å². The quantitative estimate of drug-likeness (QED) is 0.745. The molecule has 0 aromatic carbocycles. The van der Waals surface area contributed by atoms with Gasteiger partial charge in [0.2, 0.25) is 15.9 Å². The number of carbonyl (C=O) groups excluding carboxylic acids is 1. The summed E-state index contributed by atoms with van der Waals surface area (Å²) in [7, 11) is -1.79. The summed E-state index contributed by atoms with van der Waals surface area (Å²) in [4.78, 5) is 14.1. The van der Waals surface area contributed by atoms with Crippen molar-refractivity contribution < 1.29 is 17.7 Å². The second-order valence-corrected chi connectivity index (χ2v) is 7.87. The van der Waals surface area contributed by atoms with Gasteiger partial charge in [0.15, 0.2) is 5.76 Å². The molecule has 0 unspecified atom stereocenters. The average Bonchev–Trinajstić information content (AvgIpc) is 2.76. The molecule has 0 radical (unpaired) electrons. The van der Waals surface area contributed by atoms with Crippen LogP contribution in [-0.4, -0.2) is 68.5 Å². The van der Waals surface area contributed by atoms with Gasteiger partial charge in [0.1, 0.15) is 10.6 Å². The molecule has 1 aliphatic rings. The Kier molecular flexibility index (Phi) is 6.36. The van der Waals surface area contributed by atoms with E-state index in [0.29, 0.717) is 50.5 Å². The van der Waals surface area contributed by atoms with Crippen molar-refractivity contribution in [1.29, 1.82) is 0 Å². The van der Waals surface area contributed by atoms with E-state index in [9.17, 15) is 13.2 Å². The molecule has 0 atom stereocenters. The van der Waals surface area contributed by atoms with E-state index in [0.717, 1.165) is 13.0 Å². The molecular formula is C15H26N4O4S. The van der Waals surface area contributed by atoms with Gasteiger partial charge in [-0.15, -0.1) is 0 Å². The van der Waals surface area contributed by atoms with Gasteiger partial charge in [-0.05, 0) is 40.3 Å². The third-order valence-electron chi connectivity index (χ3n) is 4.19. The van der Waals surface area contributed by atoms with Crippen LogP contribution in [0.1, 0.15) is 30.7 Å². The monoisotopic (exact) mass is 358 g/mol. The molecule has 8 nitrogen and oxygen atoms in total. The second kappa shape index (κ2) is 8.09. The van der Waals surface area contributed by atoms with Crippen LogP contribution >= 0.6 is 0 Å². The topological polar surface area (TPSA) is 95.8 Å². The number of nitrogens with zero attached hydrogens (tertiary/aromatic N) is 3. The van der Waals surface area contributed by atoms with E-state index in [4.69, 9.17) is 4.52 Å². The first kappa shape index (κ1) is 18.9. The van der Waals surface area contributed by atoms with Crippen molar-refractivity contribution in [2.45, 2.75) is 38.0 Å². The molecule has 1 amide bonds. The summed E-state index contributed by atoms with van der Waals surface area (Å²) in [6.07, 6.45) is 1.89. The Bertz CT molecular complexity index is 652. The molecular weight excluding hydrogens is 332 g/mol. The van der Waals surface area contributed by atoms with Crippen molar-refractivity contribution in [3.05, 3.63) is 11.5 Å². The van der Waals surface area contributed by atoms with Crippen LogP contribution in [0, 0.1) is 13.8 Å². The Morgan fingerprint density at radius 1 is 1.25 bits per heavy atom. The Morgan fingerprint density at radius 3 is 2.62 bits per heavy atom. The Hall–Kier alpha value is -1.45. The molecule has 24 heavy (non-hydrogen) atoms. The first-order valence-corrected chi connectivity index (χ1v) is 9.67. The lowest BCUT2D eigenvalue weighted by atomic mass is 10.2. The van der Waals surface area contributed by atoms with Gasteiger partial charge in [0.25, 0.3) is 0 Å². The van der Waals surface area contributed by atoms with Gasteiger partial charge in [-0.25, -0.2) is 8.42 Å². The minimum atomic E-state index is -3.64. The lowest BCUT2D eigenvalue weighted by Crippen LogP contribution is -2.37. The molecule has 1 aromatic rings. The van der Waals surface area contributed by atoms with Crippen LogP contribution in [-0.2, 0) is 14.8 Å². The highest BCUT2D eigenvalue weighted by atomic mass is 32.2. The summed E-state index contributed by atoms with van der Waals surface area (Å²) < 4.78 is 32.1. The van der Waals surface area contributed by atoms with Crippen LogP contribution in [0.2, 0.25) is 0 Å². The van der Waals surface area contributed by atoms with Crippen LogP contribution in [0.3, 0.4) is 0 Å². The van der Waals surface area contributed by atoms with Crippen LogP contribution in [0.15, 0.2) is 9.42 Å². The minimum Gasteiger partial charge on any atom is -0.360 e. The van der Waals surface area contributed by atoms with Crippen molar-refractivity contribution in [2.24, 2.45) is 0 Å². The van der Waals surface area contributed by atoms with Crippen molar-refractivity contribution in [2.75, 3.05) is 39.8 Å². The SMILES string of the molecule is CNCCCC(=O)N1CCCN(S(=O)(=O)c2c(C)noc2C)CC1. The smallest absolute Gasteiger partial charge is 0.248 e. The molecule has 136 valence electrons. The minimum absolute atomic E-state index is 0.0850. The Balaban J connectivity index is 2.04. The average molecular weight is 358 g/mol. The highest BCUT2D eigenvalue weighted by Crippen LogP contribution is 2.24. The fourth-order valence-electron chi connectivity index (χ4n) is 2.93. The molecule has 1 aromatic heterocycles. The third kappa shape index (κ3) is 4.14. The number of sulfonamides is 1. The van der Waals surface area contributed by atoms with E-state index in [2.05, 4.69) is 10.5 Å². The lowest BCUT2D eigenvalue weighted by molar-refractivity contribution is -0.131. The molecule has 0 aliphatic carbocycles. The summed E-state index contributed by atoms with van der Waals surface area (Å²) >= 11 is 0. The first-order valence-electron chi connectivity index (χ1n) is 8.23. The van der Waals surface area contributed by atoms with E-state index < -0.39 is 10.0 Å². The van der Waals surface area contributed by atoms with Crippen molar-refractivity contribution in [1.82, 2.24) is 19.7 Å². The predicted molar refractivity (Wildman–Crippen MR) is 89.1 cm³/mol. The highest BCUT2D eigenvalue weighted by Gasteiger charge is 2.32. The predicted octanol–water partition coefficient (Wildman–Crippen LogP) is 0.514. The molecule has 1 aliphatic heterocycles. The van der Waals surface area contributed by atoms with E-state index in [-0.39, 0.29) is 10.8 Å². The van der Waals surface area contributed by atoms with Crippen molar-refractivity contribution >= 4 is 15.9 Å². The molecule has 1 N–H and O–H groups in total. The molecule has 9 heteroatoms. The van der Waals surface area contributed by atoms with E-state index in [1.165, 1.54) is 4.31 Å². The number of nitrogens with one attached hydrogen (secondary N) is 1. The van der Waals surface area contributed by atoms with Crippen LogP contribution in [0.5, 0.6) is 0 Å². The fourth-order valence-corrected chi connectivity index (χ4v) is 4.69. The van der Waals surface area contributed by atoms with Gasteiger partial charge < -0.3 is 14.7 Å². The number of hydrogen-bond donors (Lipinski definition) is 1. The molecule has 0 saturated carbocycles. The molecule has 2 rings (SSSR count). The standard InChI is InChI=1S/C15H26N4O4S/c1-12-15(13(2)23-17-12)24(21,22)19-9-5-8-18(10-11-19)14(20)6-4-7-16-3/h16H,4-11H2,1-3H3. The van der Waals surface area contributed by atoms with Crippen LogP contribution < -0.4 is 5.32 Å². The van der Waals surface area contributed by atoms with Gasteiger partial charge in [-0.1, -0.05) is 5.16 Å². The number of amides is 1. The molecule has 2 heterocycles. The number of hydrogen-bond acceptors (Lipinski definition) is 6. The normalized spacial score (nSPS) is 17.0. The number of aryl methyl sites for hydroxylation is 2. The summed E-state index contributed by atoms with van der Waals surface area (Å²) in [5.74, 6) is 0.388. The largest absolute Gasteiger partial charge is 0.360 e. The summed E-state index contributed by atoms with van der Waals surface area (Å²) in [6, 6.07) is 0. The zero-order valence-corrected chi connectivity index (χ0v) is 15.4. The molecule has 0 spiro atoms. The van der Waals surface area contributed by atoms with Gasteiger partial charge in [-0.2, -0.15) is 4.31 Å². The van der Waals surface area contributed by atoms with E-state index in [1.807, 2.05) is 7.05 Å². The summed E-state index contributed by atoms with van der Waals surface area (Å²) in [5, 5.41) is 6.75. The zero-order valence-electron chi connectivity index (χ0n) is 14.5. The number of rotatable bonds is 6. The molecule has 1 fully saturated rings. The number of carbonyl (C=O) groups is 1. The van der Waals surface area contributed by atoms with Crippen molar-refractivity contribution in [3.8, 4) is 0 Å². The second-order valence-electron chi connectivity index (χ2n) is 6.00. The van der Waals surface area contributed by atoms with Gasteiger partial charge in [0, 0.05) is 32.6 Å².